The molecule has 2 fully saturated rings. The number of amides is 1. The Bertz CT molecular complexity index is 839. The molecule has 1 N–H and O–H groups in total. The molecule has 0 aromatic heterocycles. The second kappa shape index (κ2) is 9.69. The Morgan fingerprint density at radius 2 is 1.90 bits per heavy atom. The smallest absolute Gasteiger partial charge is 0.234 e. The largest absolute Gasteiger partial charge is 0.381 e. The Morgan fingerprint density at radius 1 is 1.10 bits per heavy atom. The van der Waals surface area contributed by atoms with Gasteiger partial charge in [0.15, 0.2) is 0 Å². The minimum atomic E-state index is -0.270. The molecule has 0 spiro atoms. The molecule has 5 nitrogen and oxygen atoms in total. The molecule has 1 unspecified atom stereocenters. The molecule has 30 heavy (non-hydrogen) atoms. The van der Waals surface area contributed by atoms with Crippen LogP contribution < -0.4 is 5.32 Å². The standard InChI is InChI=1S/C24H29FN2O3/c25-21-8-4-5-19(15-21)22-16-27(11-14-30-22)17-23(28)26-18-24(9-12-29-13-10-24)20-6-2-1-3-7-20/h1-8,15,22H,9-14,16-18H2,(H,26,28). The zero-order valence-electron chi connectivity index (χ0n) is 17.2. The fourth-order valence-electron chi connectivity index (χ4n) is 4.40. The lowest BCUT2D eigenvalue weighted by Gasteiger charge is -2.38. The van der Waals surface area contributed by atoms with Crippen molar-refractivity contribution in [1.29, 1.82) is 0 Å². The van der Waals surface area contributed by atoms with Crippen LogP contribution in [0.5, 0.6) is 0 Å². The number of rotatable bonds is 6. The Morgan fingerprint density at radius 3 is 2.67 bits per heavy atom. The highest BCUT2D eigenvalue weighted by Gasteiger charge is 2.35. The number of hydrogen-bond acceptors (Lipinski definition) is 4. The number of nitrogens with one attached hydrogen (secondary N) is 1. The number of carbonyl (C=O) groups is 1. The average Bonchev–Trinajstić information content (AvgIpc) is 2.79. The Kier molecular flexibility index (Phi) is 6.77. The maximum absolute atomic E-state index is 13.5. The number of nitrogens with zero attached hydrogens (tertiary/aromatic N) is 1. The summed E-state index contributed by atoms with van der Waals surface area (Å²) in [6.07, 6.45) is 1.58. The third kappa shape index (κ3) is 5.06. The summed E-state index contributed by atoms with van der Waals surface area (Å²) in [4.78, 5) is 14.8. The van der Waals surface area contributed by atoms with Crippen LogP contribution in [0, 0.1) is 5.82 Å². The van der Waals surface area contributed by atoms with Crippen LogP contribution in [0.2, 0.25) is 0 Å². The van der Waals surface area contributed by atoms with Crippen LogP contribution >= 0.6 is 0 Å². The molecule has 4 rings (SSSR count). The first-order valence-electron chi connectivity index (χ1n) is 10.6. The van der Waals surface area contributed by atoms with Gasteiger partial charge in [-0.15, -0.1) is 0 Å². The summed E-state index contributed by atoms with van der Waals surface area (Å²) in [5.74, 6) is -0.259. The van der Waals surface area contributed by atoms with Crippen LogP contribution in [0.3, 0.4) is 0 Å². The molecular formula is C24H29FN2O3. The molecule has 2 aliphatic heterocycles. The van der Waals surface area contributed by atoms with Gasteiger partial charge < -0.3 is 14.8 Å². The zero-order chi connectivity index (χ0) is 20.8. The summed E-state index contributed by atoms with van der Waals surface area (Å²) in [6.45, 7) is 4.14. The molecule has 2 heterocycles. The third-order valence-electron chi connectivity index (χ3n) is 6.20. The van der Waals surface area contributed by atoms with E-state index in [0.29, 0.717) is 46.0 Å². The first-order chi connectivity index (χ1) is 14.6. The molecule has 0 radical (unpaired) electrons. The molecule has 160 valence electrons. The monoisotopic (exact) mass is 412 g/mol. The van der Waals surface area contributed by atoms with Crippen LogP contribution in [0.4, 0.5) is 4.39 Å². The summed E-state index contributed by atoms with van der Waals surface area (Å²) in [6, 6.07) is 16.9. The lowest BCUT2D eigenvalue weighted by atomic mass is 9.74. The lowest BCUT2D eigenvalue weighted by molar-refractivity contribution is -0.124. The second-order valence-corrected chi connectivity index (χ2v) is 8.19. The predicted octanol–water partition coefficient (Wildman–Crippen LogP) is 3.06. The average molecular weight is 413 g/mol. The van der Waals surface area contributed by atoms with Crippen molar-refractivity contribution in [3.63, 3.8) is 0 Å². The fourth-order valence-corrected chi connectivity index (χ4v) is 4.40. The van der Waals surface area contributed by atoms with E-state index < -0.39 is 0 Å². The van der Waals surface area contributed by atoms with Crippen molar-refractivity contribution in [2.75, 3.05) is 46.0 Å². The van der Waals surface area contributed by atoms with Crippen molar-refractivity contribution in [3.8, 4) is 0 Å². The predicted molar refractivity (Wildman–Crippen MR) is 113 cm³/mol. The molecule has 2 aromatic carbocycles. The van der Waals surface area contributed by atoms with E-state index in [2.05, 4.69) is 34.5 Å². The molecule has 2 saturated heterocycles. The quantitative estimate of drug-likeness (QED) is 0.792. The molecule has 6 heteroatoms. The zero-order valence-corrected chi connectivity index (χ0v) is 17.2. The summed E-state index contributed by atoms with van der Waals surface area (Å²) >= 11 is 0. The topological polar surface area (TPSA) is 50.8 Å². The normalized spacial score (nSPS) is 21.8. The first-order valence-corrected chi connectivity index (χ1v) is 10.6. The molecule has 0 bridgehead atoms. The number of ether oxygens (including phenoxy) is 2. The maximum Gasteiger partial charge on any atom is 0.234 e. The van der Waals surface area contributed by atoms with Gasteiger partial charge in [-0.1, -0.05) is 42.5 Å². The first kappa shape index (κ1) is 21.0. The molecular weight excluding hydrogens is 383 g/mol. The van der Waals surface area contributed by atoms with E-state index in [4.69, 9.17) is 9.47 Å². The lowest BCUT2D eigenvalue weighted by Crippen LogP contribution is -2.48. The number of halogens is 1. The van der Waals surface area contributed by atoms with Gasteiger partial charge in [-0.3, -0.25) is 9.69 Å². The highest BCUT2D eigenvalue weighted by molar-refractivity contribution is 5.78. The van der Waals surface area contributed by atoms with Crippen LogP contribution in [-0.4, -0.2) is 56.8 Å². The van der Waals surface area contributed by atoms with Crippen molar-refractivity contribution >= 4 is 5.91 Å². The molecule has 2 aliphatic rings. The molecule has 2 aromatic rings. The summed E-state index contributed by atoms with van der Waals surface area (Å²) in [7, 11) is 0. The van der Waals surface area contributed by atoms with Crippen LogP contribution in [0.25, 0.3) is 0 Å². The summed E-state index contributed by atoms with van der Waals surface area (Å²) in [5, 5.41) is 3.17. The van der Waals surface area contributed by atoms with Gasteiger partial charge in [0.2, 0.25) is 5.91 Å². The maximum atomic E-state index is 13.5. The van der Waals surface area contributed by atoms with Gasteiger partial charge in [0.25, 0.3) is 0 Å². The SMILES string of the molecule is O=C(CN1CCOC(c2cccc(F)c2)C1)NCC1(c2ccccc2)CCOCC1. The van der Waals surface area contributed by atoms with Crippen LogP contribution in [0.15, 0.2) is 54.6 Å². The second-order valence-electron chi connectivity index (χ2n) is 8.19. The van der Waals surface area contributed by atoms with Crippen molar-refractivity contribution in [2.45, 2.75) is 24.4 Å². The molecule has 0 saturated carbocycles. The van der Waals surface area contributed by atoms with E-state index in [0.717, 1.165) is 18.4 Å². The van der Waals surface area contributed by atoms with Crippen molar-refractivity contribution in [3.05, 3.63) is 71.5 Å². The van der Waals surface area contributed by atoms with Gasteiger partial charge in [0, 0.05) is 38.3 Å². The highest BCUT2D eigenvalue weighted by atomic mass is 19.1. The van der Waals surface area contributed by atoms with Gasteiger partial charge >= 0.3 is 0 Å². The van der Waals surface area contributed by atoms with Gasteiger partial charge in [-0.25, -0.2) is 4.39 Å². The van der Waals surface area contributed by atoms with Gasteiger partial charge in [-0.2, -0.15) is 0 Å². The van der Waals surface area contributed by atoms with Gasteiger partial charge in [0.1, 0.15) is 5.82 Å². The minimum absolute atomic E-state index is 0.0108. The number of carbonyl (C=O) groups excluding carboxylic acids is 1. The van der Waals surface area contributed by atoms with E-state index in [1.54, 1.807) is 6.07 Å². The van der Waals surface area contributed by atoms with E-state index in [1.807, 2.05) is 12.1 Å². The van der Waals surface area contributed by atoms with Crippen molar-refractivity contribution < 1.29 is 18.7 Å². The minimum Gasteiger partial charge on any atom is -0.381 e. The van der Waals surface area contributed by atoms with Crippen molar-refractivity contribution in [1.82, 2.24) is 10.2 Å². The fraction of sp³-hybridized carbons (Fsp3) is 0.458. The van der Waals surface area contributed by atoms with Crippen molar-refractivity contribution in [2.24, 2.45) is 0 Å². The van der Waals surface area contributed by atoms with Gasteiger partial charge in [0.05, 0.1) is 19.3 Å². The molecule has 1 atom stereocenters. The molecule has 1 amide bonds. The molecule has 0 aliphatic carbocycles. The summed E-state index contributed by atoms with van der Waals surface area (Å²) in [5.41, 5.74) is 1.99. The number of hydrogen-bond donors (Lipinski definition) is 1. The van der Waals surface area contributed by atoms with E-state index in [1.165, 1.54) is 17.7 Å². The number of benzene rings is 2. The Balaban J connectivity index is 1.34. The van der Waals surface area contributed by atoms with Gasteiger partial charge in [-0.05, 0) is 36.1 Å². The van der Waals surface area contributed by atoms with Crippen LogP contribution in [0.1, 0.15) is 30.1 Å². The summed E-state index contributed by atoms with van der Waals surface area (Å²) < 4.78 is 24.9. The Labute approximate surface area is 177 Å². The van der Waals surface area contributed by atoms with Crippen LogP contribution in [-0.2, 0) is 19.7 Å². The third-order valence-corrected chi connectivity index (χ3v) is 6.20. The van der Waals surface area contributed by atoms with E-state index in [9.17, 15) is 9.18 Å². The van der Waals surface area contributed by atoms with E-state index >= 15 is 0 Å². The number of morpholine rings is 1. The Hall–Kier alpha value is -2.28. The highest BCUT2D eigenvalue weighted by Crippen LogP contribution is 2.34. The van der Waals surface area contributed by atoms with E-state index in [-0.39, 0.29) is 23.2 Å².